The lowest BCUT2D eigenvalue weighted by atomic mass is 10.1. The minimum atomic E-state index is -4.47. The number of alkyl halides is 3. The van der Waals surface area contributed by atoms with Gasteiger partial charge in [0.1, 0.15) is 12.4 Å². The number of carbonyl (C=O) groups is 1. The third kappa shape index (κ3) is 3.71. The maximum absolute atomic E-state index is 12.5. The molecule has 3 nitrogen and oxygen atoms in total. The summed E-state index contributed by atoms with van der Waals surface area (Å²) in [6.45, 7) is -0.0375. The predicted octanol–water partition coefficient (Wildman–Crippen LogP) is 4.04. The van der Waals surface area contributed by atoms with Crippen LogP contribution >= 0.6 is 11.6 Å². The molecule has 0 bridgehead atoms. The molecule has 0 atom stereocenters. The molecule has 2 aromatic rings. The fourth-order valence-corrected chi connectivity index (χ4v) is 2.07. The van der Waals surface area contributed by atoms with Crippen LogP contribution in [0, 0.1) is 0 Å². The lowest BCUT2D eigenvalue weighted by Gasteiger charge is -2.12. The molecule has 116 valence electrons. The highest BCUT2D eigenvalue weighted by atomic mass is 35.5. The summed E-state index contributed by atoms with van der Waals surface area (Å²) in [5, 5.41) is -0.161. The Bertz CT molecular complexity index is 701. The molecule has 7 heteroatoms. The van der Waals surface area contributed by atoms with Gasteiger partial charge >= 0.3 is 6.18 Å². The molecule has 0 aromatic heterocycles. The highest BCUT2D eigenvalue weighted by Gasteiger charge is 2.31. The number of carbonyl (C=O) groups excluding carboxylic acids is 1. The first kappa shape index (κ1) is 16.2. The number of rotatable bonds is 4. The molecule has 0 aliphatic heterocycles. The molecule has 0 aliphatic carbocycles. The smallest absolute Gasteiger partial charge is 0.416 e. The second-order valence-corrected chi connectivity index (χ2v) is 4.86. The fraction of sp³-hybridized carbons (Fsp3) is 0.133. The van der Waals surface area contributed by atoms with E-state index in [4.69, 9.17) is 22.1 Å². The number of nitrogens with two attached hydrogens (primary N) is 1. The van der Waals surface area contributed by atoms with Crippen molar-refractivity contribution in [3.8, 4) is 5.75 Å². The maximum Gasteiger partial charge on any atom is 0.416 e. The number of amides is 1. The molecule has 0 aliphatic rings. The lowest BCUT2D eigenvalue weighted by molar-refractivity contribution is -0.137. The molecule has 0 saturated carbocycles. The number of benzene rings is 2. The Labute approximate surface area is 129 Å². The van der Waals surface area contributed by atoms with Crippen LogP contribution in [0.15, 0.2) is 42.5 Å². The number of ether oxygens (including phenoxy) is 1. The Kier molecular flexibility index (Phi) is 4.61. The van der Waals surface area contributed by atoms with Gasteiger partial charge in [0.2, 0.25) is 5.91 Å². The van der Waals surface area contributed by atoms with Crippen LogP contribution in [0.5, 0.6) is 5.75 Å². The first-order valence-corrected chi connectivity index (χ1v) is 6.54. The number of hydrogen-bond donors (Lipinski definition) is 1. The Morgan fingerprint density at radius 3 is 2.45 bits per heavy atom. The van der Waals surface area contributed by atoms with E-state index in [1.807, 2.05) is 0 Å². The molecular formula is C15H11ClF3NO2. The highest BCUT2D eigenvalue weighted by Crippen LogP contribution is 2.35. The minimum Gasteiger partial charge on any atom is -0.487 e. The Morgan fingerprint density at radius 1 is 1.18 bits per heavy atom. The highest BCUT2D eigenvalue weighted by molar-refractivity contribution is 6.32. The zero-order valence-corrected chi connectivity index (χ0v) is 11.9. The number of halogens is 4. The van der Waals surface area contributed by atoms with Gasteiger partial charge in [-0.2, -0.15) is 13.2 Å². The quantitative estimate of drug-likeness (QED) is 0.920. The molecule has 0 unspecified atom stereocenters. The van der Waals surface area contributed by atoms with Crippen molar-refractivity contribution >= 4 is 17.5 Å². The van der Waals surface area contributed by atoms with Crippen LogP contribution < -0.4 is 10.5 Å². The summed E-state index contributed by atoms with van der Waals surface area (Å²) >= 11 is 5.79. The first-order chi connectivity index (χ1) is 10.3. The summed E-state index contributed by atoms with van der Waals surface area (Å²) in [5.41, 5.74) is 5.18. The van der Waals surface area contributed by atoms with E-state index < -0.39 is 17.6 Å². The standard InChI is InChI=1S/C15H11ClF3NO2/c16-12-7-10(15(17,18)19)5-6-13(12)22-8-9-3-1-2-4-11(9)14(20)21/h1-7H,8H2,(H2,20,21). The molecule has 2 rings (SSSR count). The van der Waals surface area contributed by atoms with Gasteiger partial charge in [-0.3, -0.25) is 4.79 Å². The summed E-state index contributed by atoms with van der Waals surface area (Å²) in [6.07, 6.45) is -4.47. The fourth-order valence-electron chi connectivity index (χ4n) is 1.84. The van der Waals surface area contributed by atoms with Crippen molar-refractivity contribution in [1.29, 1.82) is 0 Å². The summed E-state index contributed by atoms with van der Waals surface area (Å²) in [6, 6.07) is 9.32. The summed E-state index contributed by atoms with van der Waals surface area (Å²) in [4.78, 5) is 11.3. The van der Waals surface area contributed by atoms with Gasteiger partial charge in [-0.1, -0.05) is 29.8 Å². The van der Waals surface area contributed by atoms with E-state index >= 15 is 0 Å². The van der Waals surface area contributed by atoms with Gasteiger partial charge in [0.05, 0.1) is 10.6 Å². The van der Waals surface area contributed by atoms with E-state index in [0.717, 1.165) is 18.2 Å². The van der Waals surface area contributed by atoms with Crippen molar-refractivity contribution < 1.29 is 22.7 Å². The van der Waals surface area contributed by atoms with Gasteiger partial charge in [0, 0.05) is 11.1 Å². The van der Waals surface area contributed by atoms with Gasteiger partial charge in [0.25, 0.3) is 0 Å². The van der Waals surface area contributed by atoms with Crippen LogP contribution in [0.1, 0.15) is 21.5 Å². The van der Waals surface area contributed by atoms with Gasteiger partial charge in [0.15, 0.2) is 0 Å². The molecule has 2 N–H and O–H groups in total. The van der Waals surface area contributed by atoms with Crippen molar-refractivity contribution in [3.63, 3.8) is 0 Å². The van der Waals surface area contributed by atoms with E-state index in [2.05, 4.69) is 0 Å². The second-order valence-electron chi connectivity index (χ2n) is 4.45. The number of primary amides is 1. The molecule has 0 saturated heterocycles. The summed E-state index contributed by atoms with van der Waals surface area (Å²) in [7, 11) is 0. The average molecular weight is 330 g/mol. The maximum atomic E-state index is 12.5. The van der Waals surface area contributed by atoms with Gasteiger partial charge in [-0.15, -0.1) is 0 Å². The Hall–Kier alpha value is -2.21. The number of hydrogen-bond acceptors (Lipinski definition) is 2. The van der Waals surface area contributed by atoms with E-state index in [1.54, 1.807) is 18.2 Å². The first-order valence-electron chi connectivity index (χ1n) is 6.16. The SMILES string of the molecule is NC(=O)c1ccccc1COc1ccc(C(F)(F)F)cc1Cl. The molecule has 0 spiro atoms. The minimum absolute atomic E-state index is 0.0375. The average Bonchev–Trinajstić information content (AvgIpc) is 2.45. The molecule has 0 heterocycles. The molecule has 22 heavy (non-hydrogen) atoms. The molecule has 1 amide bonds. The normalized spacial score (nSPS) is 11.3. The molecular weight excluding hydrogens is 319 g/mol. The monoisotopic (exact) mass is 329 g/mol. The van der Waals surface area contributed by atoms with Crippen LogP contribution in [-0.4, -0.2) is 5.91 Å². The third-order valence-corrected chi connectivity index (χ3v) is 3.22. The third-order valence-electron chi connectivity index (χ3n) is 2.93. The van der Waals surface area contributed by atoms with Crippen molar-refractivity contribution in [2.45, 2.75) is 12.8 Å². The van der Waals surface area contributed by atoms with Crippen molar-refractivity contribution in [2.24, 2.45) is 5.73 Å². The molecule has 0 fully saturated rings. The Morgan fingerprint density at radius 2 is 1.86 bits per heavy atom. The van der Waals surface area contributed by atoms with E-state index in [0.29, 0.717) is 5.56 Å². The summed E-state index contributed by atoms with van der Waals surface area (Å²) < 4.78 is 43.0. The van der Waals surface area contributed by atoms with Crippen LogP contribution in [0.3, 0.4) is 0 Å². The van der Waals surface area contributed by atoms with Crippen molar-refractivity contribution in [1.82, 2.24) is 0 Å². The molecule has 0 radical (unpaired) electrons. The zero-order chi connectivity index (χ0) is 16.3. The topological polar surface area (TPSA) is 52.3 Å². The van der Waals surface area contributed by atoms with Crippen LogP contribution in [0.4, 0.5) is 13.2 Å². The van der Waals surface area contributed by atoms with E-state index in [-0.39, 0.29) is 22.9 Å². The Balaban J connectivity index is 2.18. The lowest BCUT2D eigenvalue weighted by Crippen LogP contribution is -2.14. The van der Waals surface area contributed by atoms with Gasteiger partial charge in [-0.25, -0.2) is 0 Å². The van der Waals surface area contributed by atoms with E-state index in [1.165, 1.54) is 6.07 Å². The summed E-state index contributed by atoms with van der Waals surface area (Å²) in [5.74, 6) is -0.522. The van der Waals surface area contributed by atoms with Crippen molar-refractivity contribution in [3.05, 3.63) is 64.2 Å². The van der Waals surface area contributed by atoms with Crippen LogP contribution in [0.25, 0.3) is 0 Å². The van der Waals surface area contributed by atoms with Gasteiger partial charge in [-0.05, 0) is 24.3 Å². The van der Waals surface area contributed by atoms with Crippen molar-refractivity contribution in [2.75, 3.05) is 0 Å². The second kappa shape index (κ2) is 6.27. The van der Waals surface area contributed by atoms with Gasteiger partial charge < -0.3 is 10.5 Å². The van der Waals surface area contributed by atoms with Crippen LogP contribution in [-0.2, 0) is 12.8 Å². The largest absolute Gasteiger partial charge is 0.487 e. The van der Waals surface area contributed by atoms with Crippen LogP contribution in [0.2, 0.25) is 5.02 Å². The van der Waals surface area contributed by atoms with E-state index in [9.17, 15) is 18.0 Å². The zero-order valence-electron chi connectivity index (χ0n) is 11.2. The predicted molar refractivity (Wildman–Crippen MR) is 75.7 cm³/mol. The molecule has 2 aromatic carbocycles.